The first-order valence-corrected chi connectivity index (χ1v) is 7.00. The Morgan fingerprint density at radius 2 is 2.05 bits per heavy atom. The quantitative estimate of drug-likeness (QED) is 0.910. The molecule has 0 unspecified atom stereocenters. The van der Waals surface area contributed by atoms with Crippen molar-refractivity contribution in [1.29, 1.82) is 0 Å². The number of anilines is 1. The fraction of sp³-hybridized carbons (Fsp3) is 0.375. The van der Waals surface area contributed by atoms with E-state index in [0.29, 0.717) is 5.82 Å². The normalized spacial score (nSPS) is 15.2. The third-order valence-corrected chi connectivity index (χ3v) is 3.87. The highest BCUT2D eigenvalue weighted by molar-refractivity contribution is 5.63. The Balaban J connectivity index is 1.98. The van der Waals surface area contributed by atoms with Gasteiger partial charge in [0.25, 0.3) is 0 Å². The van der Waals surface area contributed by atoms with Crippen LogP contribution in [-0.4, -0.2) is 9.97 Å². The van der Waals surface area contributed by atoms with E-state index in [4.69, 9.17) is 5.73 Å². The van der Waals surface area contributed by atoms with Gasteiger partial charge in [0.2, 0.25) is 0 Å². The summed E-state index contributed by atoms with van der Waals surface area (Å²) in [4.78, 5) is 8.80. The SMILES string of the molecule is CCc1nc(N)cc(-c2cccc(C3CCC3)c2)n1. The molecule has 1 aliphatic carbocycles. The van der Waals surface area contributed by atoms with Crippen LogP contribution in [0.25, 0.3) is 11.3 Å². The van der Waals surface area contributed by atoms with E-state index in [1.165, 1.54) is 24.8 Å². The van der Waals surface area contributed by atoms with E-state index in [1.54, 1.807) is 0 Å². The Morgan fingerprint density at radius 1 is 1.21 bits per heavy atom. The minimum absolute atomic E-state index is 0.552. The first kappa shape index (κ1) is 12.2. The Hall–Kier alpha value is -1.90. The number of hydrogen-bond acceptors (Lipinski definition) is 3. The van der Waals surface area contributed by atoms with Gasteiger partial charge in [0.15, 0.2) is 0 Å². The summed E-state index contributed by atoms with van der Waals surface area (Å²) < 4.78 is 0. The summed E-state index contributed by atoms with van der Waals surface area (Å²) in [5.74, 6) is 2.10. The molecule has 0 amide bonds. The van der Waals surface area contributed by atoms with Crippen molar-refractivity contribution >= 4 is 5.82 Å². The van der Waals surface area contributed by atoms with Crippen molar-refractivity contribution in [2.45, 2.75) is 38.5 Å². The average molecular weight is 253 g/mol. The predicted octanol–water partition coefficient (Wildman–Crippen LogP) is 3.56. The standard InChI is InChI=1S/C16H19N3/c1-2-16-18-14(10-15(17)19-16)13-8-4-7-12(9-13)11-5-3-6-11/h4,7-11H,2-3,5-6H2,1H3,(H2,17,18,19). The molecule has 19 heavy (non-hydrogen) atoms. The number of benzene rings is 1. The van der Waals surface area contributed by atoms with Crippen LogP contribution in [-0.2, 0) is 6.42 Å². The van der Waals surface area contributed by atoms with Crippen LogP contribution in [0.4, 0.5) is 5.82 Å². The summed E-state index contributed by atoms with van der Waals surface area (Å²) in [6.45, 7) is 2.04. The Labute approximate surface area is 113 Å². The topological polar surface area (TPSA) is 51.8 Å². The van der Waals surface area contributed by atoms with Crippen molar-refractivity contribution in [2.75, 3.05) is 5.73 Å². The number of nitrogen functional groups attached to an aromatic ring is 1. The second kappa shape index (κ2) is 5.00. The molecule has 0 saturated heterocycles. The number of aromatic nitrogens is 2. The molecule has 0 aliphatic heterocycles. The van der Waals surface area contributed by atoms with Crippen LogP contribution < -0.4 is 5.73 Å². The number of rotatable bonds is 3. The molecule has 3 heteroatoms. The Bertz CT molecular complexity index is 588. The van der Waals surface area contributed by atoms with Crippen LogP contribution in [0.1, 0.15) is 43.5 Å². The molecule has 0 radical (unpaired) electrons. The van der Waals surface area contributed by atoms with E-state index in [-0.39, 0.29) is 0 Å². The van der Waals surface area contributed by atoms with Crippen LogP contribution in [0.15, 0.2) is 30.3 Å². The van der Waals surface area contributed by atoms with Gasteiger partial charge in [-0.3, -0.25) is 0 Å². The summed E-state index contributed by atoms with van der Waals surface area (Å²) in [7, 11) is 0. The molecule has 0 bridgehead atoms. The fourth-order valence-electron chi connectivity index (χ4n) is 2.52. The van der Waals surface area contributed by atoms with Crippen LogP contribution in [0, 0.1) is 0 Å². The van der Waals surface area contributed by atoms with Crippen molar-refractivity contribution in [1.82, 2.24) is 9.97 Å². The smallest absolute Gasteiger partial charge is 0.131 e. The van der Waals surface area contributed by atoms with Gasteiger partial charge in [0, 0.05) is 18.1 Å². The van der Waals surface area contributed by atoms with Crippen LogP contribution in [0.2, 0.25) is 0 Å². The zero-order valence-electron chi connectivity index (χ0n) is 11.3. The number of nitrogens with two attached hydrogens (primary N) is 1. The minimum Gasteiger partial charge on any atom is -0.384 e. The summed E-state index contributed by atoms with van der Waals surface area (Å²) >= 11 is 0. The van der Waals surface area contributed by atoms with Crippen LogP contribution in [0.5, 0.6) is 0 Å². The molecule has 3 nitrogen and oxygen atoms in total. The predicted molar refractivity (Wildman–Crippen MR) is 77.9 cm³/mol. The van der Waals surface area contributed by atoms with Gasteiger partial charge < -0.3 is 5.73 Å². The van der Waals surface area contributed by atoms with E-state index in [1.807, 2.05) is 13.0 Å². The Morgan fingerprint density at radius 3 is 2.74 bits per heavy atom. The largest absolute Gasteiger partial charge is 0.384 e. The summed E-state index contributed by atoms with van der Waals surface area (Å²) in [6.07, 6.45) is 4.79. The number of aryl methyl sites for hydroxylation is 1. The lowest BCUT2D eigenvalue weighted by Crippen LogP contribution is -2.08. The maximum absolute atomic E-state index is 5.86. The van der Waals surface area contributed by atoms with E-state index < -0.39 is 0 Å². The highest BCUT2D eigenvalue weighted by Crippen LogP contribution is 2.37. The second-order valence-corrected chi connectivity index (χ2v) is 5.20. The lowest BCUT2D eigenvalue weighted by Gasteiger charge is -2.26. The van der Waals surface area contributed by atoms with Gasteiger partial charge in [-0.2, -0.15) is 0 Å². The number of nitrogens with zero attached hydrogens (tertiary/aromatic N) is 2. The van der Waals surface area contributed by atoms with Crippen molar-refractivity contribution in [3.63, 3.8) is 0 Å². The molecular formula is C16H19N3. The van der Waals surface area contributed by atoms with Gasteiger partial charge in [0.05, 0.1) is 5.69 Å². The zero-order chi connectivity index (χ0) is 13.2. The third kappa shape index (κ3) is 2.46. The Kier molecular flexibility index (Phi) is 3.20. The molecule has 1 heterocycles. The van der Waals surface area contributed by atoms with Crippen molar-refractivity contribution in [3.8, 4) is 11.3 Å². The molecule has 1 aliphatic rings. The third-order valence-electron chi connectivity index (χ3n) is 3.87. The molecular weight excluding hydrogens is 234 g/mol. The monoisotopic (exact) mass is 253 g/mol. The fourth-order valence-corrected chi connectivity index (χ4v) is 2.52. The molecule has 2 N–H and O–H groups in total. The van der Waals surface area contributed by atoms with E-state index >= 15 is 0 Å². The van der Waals surface area contributed by atoms with E-state index in [9.17, 15) is 0 Å². The van der Waals surface area contributed by atoms with Gasteiger partial charge in [0.1, 0.15) is 11.6 Å². The lowest BCUT2D eigenvalue weighted by molar-refractivity contribution is 0.420. The molecule has 1 aromatic carbocycles. The molecule has 0 spiro atoms. The average Bonchev–Trinajstić information content (AvgIpc) is 2.36. The van der Waals surface area contributed by atoms with Gasteiger partial charge in [-0.1, -0.05) is 31.5 Å². The van der Waals surface area contributed by atoms with Crippen molar-refractivity contribution < 1.29 is 0 Å². The highest BCUT2D eigenvalue weighted by atomic mass is 14.9. The molecule has 0 atom stereocenters. The number of hydrogen-bond donors (Lipinski definition) is 1. The zero-order valence-corrected chi connectivity index (χ0v) is 11.3. The maximum atomic E-state index is 5.86. The van der Waals surface area contributed by atoms with Gasteiger partial charge in [-0.25, -0.2) is 9.97 Å². The molecule has 1 saturated carbocycles. The first-order chi connectivity index (χ1) is 9.26. The first-order valence-electron chi connectivity index (χ1n) is 7.00. The van der Waals surface area contributed by atoms with Gasteiger partial charge in [-0.15, -0.1) is 0 Å². The van der Waals surface area contributed by atoms with Crippen molar-refractivity contribution in [3.05, 3.63) is 41.7 Å². The molecule has 2 aromatic rings. The molecule has 1 aromatic heterocycles. The van der Waals surface area contributed by atoms with Gasteiger partial charge >= 0.3 is 0 Å². The summed E-state index contributed by atoms with van der Waals surface area (Å²) in [5, 5.41) is 0. The van der Waals surface area contributed by atoms with Crippen LogP contribution in [0.3, 0.4) is 0 Å². The molecule has 3 rings (SSSR count). The maximum Gasteiger partial charge on any atom is 0.131 e. The van der Waals surface area contributed by atoms with Crippen molar-refractivity contribution in [2.24, 2.45) is 0 Å². The van der Waals surface area contributed by atoms with E-state index in [2.05, 4.69) is 34.2 Å². The van der Waals surface area contributed by atoms with E-state index in [0.717, 1.165) is 29.4 Å². The molecule has 98 valence electrons. The summed E-state index contributed by atoms with van der Waals surface area (Å²) in [6, 6.07) is 10.6. The summed E-state index contributed by atoms with van der Waals surface area (Å²) in [5.41, 5.74) is 9.37. The minimum atomic E-state index is 0.552. The molecule has 1 fully saturated rings. The lowest BCUT2D eigenvalue weighted by atomic mass is 9.79. The second-order valence-electron chi connectivity index (χ2n) is 5.20. The van der Waals surface area contributed by atoms with Crippen LogP contribution >= 0.6 is 0 Å². The van der Waals surface area contributed by atoms with Gasteiger partial charge in [-0.05, 0) is 30.4 Å². The highest BCUT2D eigenvalue weighted by Gasteiger charge is 2.19.